The average Bonchev–Trinajstić information content (AvgIpc) is 3.16. The zero-order chi connectivity index (χ0) is 23.1. The van der Waals surface area contributed by atoms with Gasteiger partial charge in [-0.3, -0.25) is 9.69 Å². The van der Waals surface area contributed by atoms with Crippen molar-refractivity contribution >= 4 is 16.1 Å². The van der Waals surface area contributed by atoms with E-state index < -0.39 is 15.9 Å². The van der Waals surface area contributed by atoms with Crippen LogP contribution in [0.4, 0.5) is 0 Å². The highest BCUT2D eigenvalue weighted by Crippen LogP contribution is 2.29. The quantitative estimate of drug-likeness (QED) is 0.505. The van der Waals surface area contributed by atoms with Gasteiger partial charge in [0.15, 0.2) is 21.3 Å². The van der Waals surface area contributed by atoms with Crippen LogP contribution in [-0.2, 0) is 16.4 Å². The lowest BCUT2D eigenvalue weighted by molar-refractivity contribution is 0.0524. The number of aldehydes is 1. The lowest BCUT2D eigenvalue weighted by Crippen LogP contribution is -2.42. The van der Waals surface area contributed by atoms with E-state index in [0.29, 0.717) is 35.8 Å². The standard InChI is InChI=1S/C23H29NO7S/c1-29-22-7-6-17(11-23(22)30-2)12-24(19-8-9-32(27,28)16-19)13-20(26)15-31-21-5-3-4-18(10-21)14-25/h3-7,10-11,14,19-20,26H,8-9,12-13,15-16H2,1-2H3. The molecule has 174 valence electrons. The van der Waals surface area contributed by atoms with Gasteiger partial charge in [-0.2, -0.15) is 0 Å². The zero-order valence-electron chi connectivity index (χ0n) is 18.3. The van der Waals surface area contributed by atoms with Crippen LogP contribution in [0.2, 0.25) is 0 Å². The number of benzene rings is 2. The van der Waals surface area contributed by atoms with E-state index in [4.69, 9.17) is 14.2 Å². The van der Waals surface area contributed by atoms with Crippen molar-refractivity contribution < 1.29 is 32.5 Å². The van der Waals surface area contributed by atoms with Crippen LogP contribution >= 0.6 is 0 Å². The lowest BCUT2D eigenvalue weighted by Gasteiger charge is -2.30. The van der Waals surface area contributed by atoms with E-state index in [-0.39, 0.29) is 30.7 Å². The fourth-order valence-corrected chi connectivity index (χ4v) is 5.57. The number of ether oxygens (including phenoxy) is 3. The molecule has 2 unspecified atom stereocenters. The fraction of sp³-hybridized carbons (Fsp3) is 0.435. The van der Waals surface area contributed by atoms with Crippen LogP contribution in [0.3, 0.4) is 0 Å². The van der Waals surface area contributed by atoms with Crippen molar-refractivity contribution in [2.45, 2.75) is 25.1 Å². The number of carbonyl (C=O) groups is 1. The molecule has 1 fully saturated rings. The van der Waals surface area contributed by atoms with Crippen LogP contribution < -0.4 is 14.2 Å². The second-order valence-corrected chi connectivity index (χ2v) is 10.1. The Morgan fingerprint density at radius 2 is 1.94 bits per heavy atom. The Balaban J connectivity index is 1.70. The maximum Gasteiger partial charge on any atom is 0.161 e. The van der Waals surface area contributed by atoms with E-state index in [2.05, 4.69) is 0 Å². The van der Waals surface area contributed by atoms with E-state index in [9.17, 15) is 18.3 Å². The molecule has 2 aromatic rings. The molecule has 1 aliphatic rings. The van der Waals surface area contributed by atoms with Crippen molar-refractivity contribution in [3.05, 3.63) is 53.6 Å². The maximum absolute atomic E-state index is 12.1. The van der Waals surface area contributed by atoms with Crippen LogP contribution in [0.15, 0.2) is 42.5 Å². The third kappa shape index (κ3) is 6.44. The minimum Gasteiger partial charge on any atom is -0.493 e. The second-order valence-electron chi connectivity index (χ2n) is 7.83. The summed E-state index contributed by atoms with van der Waals surface area (Å²) in [5.41, 5.74) is 1.40. The van der Waals surface area contributed by atoms with Gasteiger partial charge in [0.05, 0.1) is 25.7 Å². The average molecular weight is 464 g/mol. The molecule has 32 heavy (non-hydrogen) atoms. The second kappa shape index (κ2) is 10.8. The van der Waals surface area contributed by atoms with Crippen LogP contribution in [-0.4, -0.2) is 75.7 Å². The number of carbonyl (C=O) groups excluding carboxylic acids is 1. The van der Waals surface area contributed by atoms with Crippen molar-refractivity contribution in [1.29, 1.82) is 0 Å². The van der Waals surface area contributed by atoms with Gasteiger partial charge < -0.3 is 19.3 Å². The smallest absolute Gasteiger partial charge is 0.161 e. The molecular formula is C23H29NO7S. The van der Waals surface area contributed by atoms with Gasteiger partial charge >= 0.3 is 0 Å². The molecule has 1 aliphatic heterocycles. The van der Waals surface area contributed by atoms with Crippen LogP contribution in [0.5, 0.6) is 17.2 Å². The first-order chi connectivity index (χ1) is 15.3. The molecule has 0 spiro atoms. The van der Waals surface area contributed by atoms with Gasteiger partial charge in [-0.1, -0.05) is 18.2 Å². The molecule has 0 radical (unpaired) electrons. The minimum atomic E-state index is -3.09. The molecule has 3 rings (SSSR count). The van der Waals surface area contributed by atoms with Gasteiger partial charge in [-0.15, -0.1) is 0 Å². The number of methoxy groups -OCH3 is 2. The van der Waals surface area contributed by atoms with Gasteiger partial charge in [0, 0.05) is 24.7 Å². The Bertz CT molecular complexity index is 1020. The Kier molecular flexibility index (Phi) is 8.11. The highest BCUT2D eigenvalue weighted by Gasteiger charge is 2.33. The molecular weight excluding hydrogens is 434 g/mol. The van der Waals surface area contributed by atoms with Crippen molar-refractivity contribution in [1.82, 2.24) is 4.90 Å². The summed E-state index contributed by atoms with van der Waals surface area (Å²) >= 11 is 0. The first-order valence-corrected chi connectivity index (χ1v) is 12.2. The number of hydrogen-bond donors (Lipinski definition) is 1. The summed E-state index contributed by atoms with van der Waals surface area (Å²) in [6.07, 6.45) is 0.401. The molecule has 9 heteroatoms. The van der Waals surface area contributed by atoms with E-state index in [1.54, 1.807) is 44.6 Å². The molecule has 1 saturated heterocycles. The molecule has 0 bridgehead atoms. The predicted molar refractivity (Wildman–Crippen MR) is 120 cm³/mol. The first-order valence-electron chi connectivity index (χ1n) is 10.3. The number of nitrogens with zero attached hydrogens (tertiary/aromatic N) is 1. The summed E-state index contributed by atoms with van der Waals surface area (Å²) < 4.78 is 40.4. The molecule has 2 atom stereocenters. The molecule has 2 aromatic carbocycles. The molecule has 1 heterocycles. The third-order valence-corrected chi connectivity index (χ3v) is 7.19. The Labute approximate surface area is 188 Å². The number of aliphatic hydroxyl groups is 1. The summed E-state index contributed by atoms with van der Waals surface area (Å²) in [5, 5.41) is 10.6. The molecule has 0 aliphatic carbocycles. The molecule has 1 N–H and O–H groups in total. The van der Waals surface area contributed by atoms with Gasteiger partial charge in [0.25, 0.3) is 0 Å². The monoisotopic (exact) mass is 463 g/mol. The Morgan fingerprint density at radius 3 is 2.59 bits per heavy atom. The highest BCUT2D eigenvalue weighted by atomic mass is 32.2. The molecule has 0 aromatic heterocycles. The number of aliphatic hydroxyl groups excluding tert-OH is 1. The Hall–Kier alpha value is -2.62. The van der Waals surface area contributed by atoms with Crippen molar-refractivity contribution in [3.63, 3.8) is 0 Å². The van der Waals surface area contributed by atoms with Gasteiger partial charge in [0.2, 0.25) is 0 Å². The summed E-state index contributed by atoms with van der Waals surface area (Å²) in [5.74, 6) is 1.89. The zero-order valence-corrected chi connectivity index (χ0v) is 19.1. The number of hydrogen-bond acceptors (Lipinski definition) is 8. The van der Waals surface area contributed by atoms with E-state index in [0.717, 1.165) is 11.8 Å². The van der Waals surface area contributed by atoms with E-state index >= 15 is 0 Å². The largest absolute Gasteiger partial charge is 0.493 e. The minimum absolute atomic E-state index is 0.0181. The van der Waals surface area contributed by atoms with Gasteiger partial charge in [0.1, 0.15) is 24.7 Å². The van der Waals surface area contributed by atoms with E-state index in [1.807, 2.05) is 17.0 Å². The number of sulfone groups is 1. The fourth-order valence-electron chi connectivity index (χ4n) is 3.81. The van der Waals surface area contributed by atoms with E-state index in [1.165, 1.54) is 0 Å². The Morgan fingerprint density at radius 1 is 1.16 bits per heavy atom. The van der Waals surface area contributed by atoms with Crippen LogP contribution in [0, 0.1) is 0 Å². The van der Waals surface area contributed by atoms with Crippen LogP contribution in [0.1, 0.15) is 22.3 Å². The normalized spacial score (nSPS) is 18.3. The third-order valence-electron chi connectivity index (χ3n) is 5.44. The lowest BCUT2D eigenvalue weighted by atomic mass is 10.1. The first kappa shape index (κ1) is 24.0. The molecule has 8 nitrogen and oxygen atoms in total. The molecule has 0 amide bonds. The SMILES string of the molecule is COc1ccc(CN(CC(O)COc2cccc(C=O)c2)C2CCS(=O)(=O)C2)cc1OC. The summed E-state index contributed by atoms with van der Waals surface area (Å²) in [4.78, 5) is 12.9. The van der Waals surface area contributed by atoms with Gasteiger partial charge in [-0.25, -0.2) is 8.42 Å². The van der Waals surface area contributed by atoms with Crippen molar-refractivity contribution in [3.8, 4) is 17.2 Å². The predicted octanol–water partition coefficient (Wildman–Crippen LogP) is 1.95. The van der Waals surface area contributed by atoms with Crippen molar-refractivity contribution in [2.24, 2.45) is 0 Å². The van der Waals surface area contributed by atoms with Gasteiger partial charge in [-0.05, 0) is 36.2 Å². The summed E-state index contributed by atoms with van der Waals surface area (Å²) in [6, 6.07) is 12.0. The number of rotatable bonds is 11. The highest BCUT2D eigenvalue weighted by molar-refractivity contribution is 7.91. The summed E-state index contributed by atoms with van der Waals surface area (Å²) in [7, 11) is 0.0357. The topological polar surface area (TPSA) is 102 Å². The maximum atomic E-state index is 12.1. The molecule has 0 saturated carbocycles. The summed E-state index contributed by atoms with van der Waals surface area (Å²) in [6.45, 7) is 0.699. The van der Waals surface area contributed by atoms with Crippen molar-refractivity contribution in [2.75, 3.05) is 38.9 Å². The van der Waals surface area contributed by atoms with Crippen LogP contribution in [0.25, 0.3) is 0 Å².